The van der Waals surface area contributed by atoms with Crippen molar-refractivity contribution in [1.82, 2.24) is 10.6 Å². The first-order valence-electron chi connectivity index (χ1n) is 5.83. The second kappa shape index (κ2) is 5.79. The molecule has 1 aromatic carbocycles. The molecule has 2 amide bonds. The molecule has 1 saturated heterocycles. The molecular formula is C11H10F2N4O4. The normalized spacial score (nSPS) is 18.0. The quantitative estimate of drug-likeness (QED) is 0.533. The number of nitro groups is 1. The van der Waals surface area contributed by atoms with E-state index in [0.717, 1.165) is 6.07 Å². The van der Waals surface area contributed by atoms with Gasteiger partial charge >= 0.3 is 0 Å². The van der Waals surface area contributed by atoms with Gasteiger partial charge in [0.15, 0.2) is 17.3 Å². The van der Waals surface area contributed by atoms with Gasteiger partial charge in [0.2, 0.25) is 11.8 Å². The molecule has 8 nitrogen and oxygen atoms in total. The highest BCUT2D eigenvalue weighted by Crippen LogP contribution is 2.29. The summed E-state index contributed by atoms with van der Waals surface area (Å²) >= 11 is 0. The van der Waals surface area contributed by atoms with Crippen LogP contribution in [0.1, 0.15) is 0 Å². The average Bonchev–Trinajstić information content (AvgIpc) is 2.44. The summed E-state index contributed by atoms with van der Waals surface area (Å²) in [7, 11) is 0. The lowest BCUT2D eigenvalue weighted by molar-refractivity contribution is -0.384. The van der Waals surface area contributed by atoms with Gasteiger partial charge in [-0.1, -0.05) is 0 Å². The van der Waals surface area contributed by atoms with Crippen LogP contribution in [0.3, 0.4) is 0 Å². The SMILES string of the molecule is O=C1CNC(C(=O)Nc2c([N+](=O)[O-])ccc(F)c2F)CN1. The van der Waals surface area contributed by atoms with Gasteiger partial charge in [0.05, 0.1) is 11.5 Å². The van der Waals surface area contributed by atoms with Crippen LogP contribution in [0.2, 0.25) is 0 Å². The number of piperazine rings is 1. The third-order valence-corrected chi connectivity index (χ3v) is 2.85. The van der Waals surface area contributed by atoms with Crippen molar-refractivity contribution in [2.45, 2.75) is 6.04 Å². The van der Waals surface area contributed by atoms with E-state index in [9.17, 15) is 28.5 Å². The molecule has 1 atom stereocenters. The Morgan fingerprint density at radius 2 is 2.14 bits per heavy atom. The molecule has 1 aliphatic heterocycles. The molecule has 0 saturated carbocycles. The lowest BCUT2D eigenvalue weighted by Gasteiger charge is -2.23. The Morgan fingerprint density at radius 1 is 1.43 bits per heavy atom. The van der Waals surface area contributed by atoms with E-state index in [1.54, 1.807) is 0 Å². The molecule has 21 heavy (non-hydrogen) atoms. The van der Waals surface area contributed by atoms with Crippen LogP contribution in [-0.4, -0.2) is 35.9 Å². The van der Waals surface area contributed by atoms with Crippen molar-refractivity contribution < 1.29 is 23.3 Å². The molecule has 1 aromatic rings. The second-order valence-corrected chi connectivity index (χ2v) is 4.24. The third-order valence-electron chi connectivity index (χ3n) is 2.85. The number of amides is 2. The van der Waals surface area contributed by atoms with E-state index in [2.05, 4.69) is 10.6 Å². The fourth-order valence-electron chi connectivity index (χ4n) is 1.77. The van der Waals surface area contributed by atoms with Crippen LogP contribution in [-0.2, 0) is 9.59 Å². The molecule has 0 aliphatic carbocycles. The molecule has 1 fully saturated rings. The van der Waals surface area contributed by atoms with Crippen molar-refractivity contribution in [1.29, 1.82) is 0 Å². The zero-order valence-electron chi connectivity index (χ0n) is 10.5. The molecule has 10 heteroatoms. The predicted octanol–water partition coefficient (Wildman–Crippen LogP) is -0.101. The second-order valence-electron chi connectivity index (χ2n) is 4.24. The van der Waals surface area contributed by atoms with Crippen LogP contribution in [0, 0.1) is 21.7 Å². The van der Waals surface area contributed by atoms with Crippen LogP contribution in [0.25, 0.3) is 0 Å². The first-order chi connectivity index (χ1) is 9.90. The minimum atomic E-state index is -1.52. The molecule has 0 aromatic heterocycles. The van der Waals surface area contributed by atoms with Crippen molar-refractivity contribution in [2.24, 2.45) is 0 Å². The van der Waals surface area contributed by atoms with Crippen molar-refractivity contribution in [2.75, 3.05) is 18.4 Å². The molecule has 0 spiro atoms. The smallest absolute Gasteiger partial charge is 0.296 e. The molecule has 1 heterocycles. The maximum absolute atomic E-state index is 13.6. The minimum Gasteiger partial charge on any atom is -0.353 e. The molecular weight excluding hydrogens is 290 g/mol. The molecule has 0 radical (unpaired) electrons. The highest BCUT2D eigenvalue weighted by molar-refractivity contribution is 5.98. The van der Waals surface area contributed by atoms with Crippen LogP contribution < -0.4 is 16.0 Å². The van der Waals surface area contributed by atoms with E-state index in [1.165, 1.54) is 0 Å². The largest absolute Gasteiger partial charge is 0.353 e. The highest BCUT2D eigenvalue weighted by atomic mass is 19.2. The fraction of sp³-hybridized carbons (Fsp3) is 0.273. The molecule has 2 rings (SSSR count). The molecule has 1 unspecified atom stereocenters. The summed E-state index contributed by atoms with van der Waals surface area (Å²) in [5.41, 5.74) is -1.61. The topological polar surface area (TPSA) is 113 Å². The molecule has 3 N–H and O–H groups in total. The van der Waals surface area contributed by atoms with Crippen LogP contribution in [0.15, 0.2) is 12.1 Å². The summed E-state index contributed by atoms with van der Waals surface area (Å²) in [6.45, 7) is -0.179. The van der Waals surface area contributed by atoms with E-state index in [1.807, 2.05) is 5.32 Å². The zero-order chi connectivity index (χ0) is 15.6. The number of rotatable bonds is 3. The fourth-order valence-corrected chi connectivity index (χ4v) is 1.77. The summed E-state index contributed by atoms with van der Waals surface area (Å²) in [6, 6.07) is 0.455. The lowest BCUT2D eigenvalue weighted by Crippen LogP contribution is -2.56. The number of nitrogens with one attached hydrogen (secondary N) is 3. The van der Waals surface area contributed by atoms with Gasteiger partial charge in [0.25, 0.3) is 5.69 Å². The van der Waals surface area contributed by atoms with Crippen molar-refractivity contribution in [3.63, 3.8) is 0 Å². The van der Waals surface area contributed by atoms with Crippen molar-refractivity contribution >= 4 is 23.2 Å². The van der Waals surface area contributed by atoms with E-state index >= 15 is 0 Å². The van der Waals surface area contributed by atoms with Crippen LogP contribution in [0.4, 0.5) is 20.2 Å². The number of carbonyl (C=O) groups excluding carboxylic acids is 2. The van der Waals surface area contributed by atoms with Crippen molar-refractivity contribution in [3.05, 3.63) is 33.9 Å². The first-order valence-corrected chi connectivity index (χ1v) is 5.83. The molecule has 1 aliphatic rings. The standard InChI is InChI=1S/C11H10F2N4O4/c12-5-1-2-7(17(20)21)10(9(5)13)16-11(19)6-3-15-8(18)4-14-6/h1-2,6,14H,3-4H2,(H,15,18)(H,16,19). The Balaban J connectivity index is 2.22. The minimum absolute atomic E-state index is 0.0601. The van der Waals surface area contributed by atoms with Gasteiger partial charge in [-0.2, -0.15) is 0 Å². The Morgan fingerprint density at radius 3 is 2.71 bits per heavy atom. The number of halogens is 2. The van der Waals surface area contributed by atoms with Gasteiger partial charge < -0.3 is 10.6 Å². The van der Waals surface area contributed by atoms with Gasteiger partial charge in [-0.05, 0) is 6.07 Å². The summed E-state index contributed by atoms with van der Waals surface area (Å²) in [5.74, 6) is -3.97. The first kappa shape index (κ1) is 14.8. The van der Waals surface area contributed by atoms with E-state index in [-0.39, 0.29) is 19.0 Å². The molecule has 0 bridgehead atoms. The van der Waals surface area contributed by atoms with E-state index < -0.39 is 39.9 Å². The summed E-state index contributed by atoms with van der Waals surface area (Å²) in [4.78, 5) is 32.6. The number of hydrogen-bond acceptors (Lipinski definition) is 5. The Bertz CT molecular complexity index is 612. The van der Waals surface area contributed by atoms with Gasteiger partial charge in [-0.25, -0.2) is 8.78 Å². The van der Waals surface area contributed by atoms with Gasteiger partial charge in [-0.3, -0.25) is 25.0 Å². The van der Waals surface area contributed by atoms with Gasteiger partial charge in [0.1, 0.15) is 6.04 Å². The van der Waals surface area contributed by atoms with Crippen molar-refractivity contribution in [3.8, 4) is 0 Å². The van der Waals surface area contributed by atoms with Gasteiger partial charge in [-0.15, -0.1) is 0 Å². The zero-order valence-corrected chi connectivity index (χ0v) is 10.5. The van der Waals surface area contributed by atoms with E-state index in [0.29, 0.717) is 6.07 Å². The summed E-state index contributed by atoms with van der Waals surface area (Å²) < 4.78 is 26.8. The summed E-state index contributed by atoms with van der Waals surface area (Å²) in [6.07, 6.45) is 0. The Labute approximate surface area is 116 Å². The lowest BCUT2D eigenvalue weighted by atomic mass is 10.2. The van der Waals surface area contributed by atoms with Crippen LogP contribution in [0.5, 0.6) is 0 Å². The summed E-state index contributed by atoms with van der Waals surface area (Å²) in [5, 5.41) is 17.7. The number of nitro benzene ring substituents is 1. The third kappa shape index (κ3) is 3.11. The average molecular weight is 300 g/mol. The number of anilines is 1. The maximum atomic E-state index is 13.6. The number of nitrogens with zero attached hydrogens (tertiary/aromatic N) is 1. The number of benzene rings is 1. The number of hydrogen-bond donors (Lipinski definition) is 3. The highest BCUT2D eigenvalue weighted by Gasteiger charge is 2.28. The van der Waals surface area contributed by atoms with Crippen LogP contribution >= 0.6 is 0 Å². The number of carbonyl (C=O) groups is 2. The molecule has 112 valence electrons. The Kier molecular flexibility index (Phi) is 4.08. The van der Waals surface area contributed by atoms with Gasteiger partial charge in [0, 0.05) is 12.6 Å². The monoisotopic (exact) mass is 300 g/mol. The van der Waals surface area contributed by atoms with E-state index in [4.69, 9.17) is 0 Å². The maximum Gasteiger partial charge on any atom is 0.296 e. The Hall–Kier alpha value is -2.62. The predicted molar refractivity (Wildman–Crippen MR) is 66.4 cm³/mol.